The lowest BCUT2D eigenvalue weighted by molar-refractivity contribution is 0.0728. The molecule has 9 nitrogen and oxygen atoms in total. The van der Waals surface area contributed by atoms with Gasteiger partial charge in [0.25, 0.3) is 5.91 Å². The molecule has 224 valence electrons. The average Bonchev–Trinajstić information content (AvgIpc) is 3.42. The molecule has 0 aliphatic rings. The molecule has 44 heavy (non-hydrogen) atoms. The standard InChI is InChI=1S/C34H30FN3O6/c1-4-42-27-16-12-23(18-30(27)43-5-2)34(40)44-28-15-11-21(17-29(28)41-3)20-36-38-33(39)32-31(22-9-7-6-8-10-22)25-19-24(35)13-14-26(25)37-32/h6-20,37H,4-5H2,1-3H3,(H,38,39). The number of fused-ring (bicyclic) bond motifs is 1. The summed E-state index contributed by atoms with van der Waals surface area (Å²) in [5, 5.41) is 4.68. The summed E-state index contributed by atoms with van der Waals surface area (Å²) < 4.78 is 36.3. The minimum atomic E-state index is -0.603. The van der Waals surface area contributed by atoms with E-state index >= 15 is 0 Å². The molecule has 5 rings (SSSR count). The molecule has 0 saturated carbocycles. The number of nitrogens with one attached hydrogen (secondary N) is 2. The summed E-state index contributed by atoms with van der Waals surface area (Å²) in [5.41, 5.74) is 5.57. The molecule has 0 radical (unpaired) electrons. The lowest BCUT2D eigenvalue weighted by Crippen LogP contribution is -2.18. The number of rotatable bonds is 11. The molecule has 0 fully saturated rings. The highest BCUT2D eigenvalue weighted by molar-refractivity contribution is 6.09. The quantitative estimate of drug-likeness (QED) is 0.0755. The zero-order valence-electron chi connectivity index (χ0n) is 24.3. The Morgan fingerprint density at radius 2 is 1.61 bits per heavy atom. The van der Waals surface area contributed by atoms with Crippen LogP contribution in [0.3, 0.4) is 0 Å². The molecule has 4 aromatic carbocycles. The molecular formula is C34H30FN3O6. The van der Waals surface area contributed by atoms with Crippen molar-refractivity contribution in [3.63, 3.8) is 0 Å². The Kier molecular flexibility index (Phi) is 9.19. The minimum absolute atomic E-state index is 0.198. The molecule has 2 N–H and O–H groups in total. The van der Waals surface area contributed by atoms with Crippen molar-refractivity contribution < 1.29 is 32.9 Å². The van der Waals surface area contributed by atoms with Crippen LogP contribution in [0, 0.1) is 5.82 Å². The smallest absolute Gasteiger partial charge is 0.343 e. The van der Waals surface area contributed by atoms with E-state index in [2.05, 4.69) is 15.5 Å². The number of ether oxygens (including phenoxy) is 4. The Balaban J connectivity index is 1.32. The Hall–Kier alpha value is -5.64. The van der Waals surface area contributed by atoms with E-state index in [1.807, 2.05) is 44.2 Å². The number of amides is 1. The van der Waals surface area contributed by atoms with E-state index in [0.29, 0.717) is 46.7 Å². The average molecular weight is 596 g/mol. The third-order valence-corrected chi connectivity index (χ3v) is 6.60. The second-order valence-electron chi connectivity index (χ2n) is 9.46. The summed E-state index contributed by atoms with van der Waals surface area (Å²) in [6, 6.07) is 23.2. The van der Waals surface area contributed by atoms with Crippen molar-refractivity contribution in [3.8, 4) is 34.1 Å². The summed E-state index contributed by atoms with van der Waals surface area (Å²) in [6.07, 6.45) is 1.43. The molecule has 0 saturated heterocycles. The highest BCUT2D eigenvalue weighted by Gasteiger charge is 2.20. The van der Waals surface area contributed by atoms with E-state index < -0.39 is 17.7 Å². The monoisotopic (exact) mass is 595 g/mol. The molecule has 0 bridgehead atoms. The molecule has 0 unspecified atom stereocenters. The molecular weight excluding hydrogens is 565 g/mol. The largest absolute Gasteiger partial charge is 0.493 e. The lowest BCUT2D eigenvalue weighted by atomic mass is 10.0. The fraction of sp³-hybridized carbons (Fsp3) is 0.147. The number of hydrazone groups is 1. The normalized spacial score (nSPS) is 11.0. The number of benzene rings is 4. The SMILES string of the molecule is CCOc1ccc(C(=O)Oc2ccc(C=NNC(=O)c3[nH]c4ccc(F)cc4c3-c3ccccc3)cc2OC)cc1OCC. The lowest BCUT2D eigenvalue weighted by Gasteiger charge is -2.13. The zero-order valence-corrected chi connectivity index (χ0v) is 24.3. The van der Waals surface area contributed by atoms with Gasteiger partial charge in [-0.1, -0.05) is 30.3 Å². The fourth-order valence-corrected chi connectivity index (χ4v) is 4.65. The van der Waals surface area contributed by atoms with Crippen LogP contribution in [0.15, 0.2) is 90.0 Å². The van der Waals surface area contributed by atoms with Gasteiger partial charge in [-0.3, -0.25) is 4.79 Å². The number of nitrogens with zero attached hydrogens (tertiary/aromatic N) is 1. The highest BCUT2D eigenvalue weighted by atomic mass is 19.1. The van der Waals surface area contributed by atoms with Crippen LogP contribution >= 0.6 is 0 Å². The van der Waals surface area contributed by atoms with E-state index in [1.54, 1.807) is 42.5 Å². The molecule has 1 aromatic heterocycles. The van der Waals surface area contributed by atoms with Crippen LogP contribution in [0.2, 0.25) is 0 Å². The summed E-state index contributed by atoms with van der Waals surface area (Å²) in [5.74, 6) is -0.0494. The van der Waals surface area contributed by atoms with Crippen molar-refractivity contribution in [2.24, 2.45) is 5.10 Å². The number of aromatic nitrogens is 1. The zero-order chi connectivity index (χ0) is 31.1. The summed E-state index contributed by atoms with van der Waals surface area (Å²) in [4.78, 5) is 29.2. The van der Waals surface area contributed by atoms with E-state index in [-0.39, 0.29) is 22.8 Å². The van der Waals surface area contributed by atoms with Crippen LogP contribution in [0.5, 0.6) is 23.0 Å². The van der Waals surface area contributed by atoms with Crippen molar-refractivity contribution in [3.05, 3.63) is 108 Å². The van der Waals surface area contributed by atoms with Crippen LogP contribution in [-0.2, 0) is 0 Å². The highest BCUT2D eigenvalue weighted by Crippen LogP contribution is 2.34. The number of carbonyl (C=O) groups is 2. The summed E-state index contributed by atoms with van der Waals surface area (Å²) in [6.45, 7) is 4.57. The number of hydrogen-bond acceptors (Lipinski definition) is 7. The summed E-state index contributed by atoms with van der Waals surface area (Å²) in [7, 11) is 1.45. The van der Waals surface area contributed by atoms with E-state index in [4.69, 9.17) is 18.9 Å². The minimum Gasteiger partial charge on any atom is -0.493 e. The van der Waals surface area contributed by atoms with Gasteiger partial charge in [0.2, 0.25) is 0 Å². The maximum Gasteiger partial charge on any atom is 0.343 e. The van der Waals surface area contributed by atoms with Crippen LogP contribution in [0.4, 0.5) is 4.39 Å². The number of halogens is 1. The van der Waals surface area contributed by atoms with Gasteiger partial charge in [0.15, 0.2) is 23.0 Å². The predicted molar refractivity (Wildman–Crippen MR) is 165 cm³/mol. The van der Waals surface area contributed by atoms with Gasteiger partial charge < -0.3 is 23.9 Å². The first-order chi connectivity index (χ1) is 21.4. The first-order valence-electron chi connectivity index (χ1n) is 13.9. The second-order valence-corrected chi connectivity index (χ2v) is 9.46. The molecule has 10 heteroatoms. The van der Waals surface area contributed by atoms with Crippen molar-refractivity contribution in [1.82, 2.24) is 10.4 Å². The molecule has 5 aromatic rings. The number of aromatic amines is 1. The molecule has 0 spiro atoms. The van der Waals surface area contributed by atoms with E-state index in [0.717, 1.165) is 5.56 Å². The number of esters is 1. The molecule has 0 atom stereocenters. The van der Waals surface area contributed by atoms with Gasteiger partial charge in [-0.25, -0.2) is 14.6 Å². The molecule has 1 amide bonds. The first-order valence-corrected chi connectivity index (χ1v) is 13.9. The fourth-order valence-electron chi connectivity index (χ4n) is 4.65. The van der Waals surface area contributed by atoms with Crippen LogP contribution < -0.4 is 24.4 Å². The van der Waals surface area contributed by atoms with Crippen LogP contribution in [0.1, 0.15) is 40.3 Å². The van der Waals surface area contributed by atoms with Gasteiger partial charge >= 0.3 is 5.97 Å². The van der Waals surface area contributed by atoms with Crippen molar-refractivity contribution >= 4 is 29.0 Å². The Morgan fingerprint density at radius 1 is 0.864 bits per heavy atom. The third-order valence-electron chi connectivity index (χ3n) is 6.60. The van der Waals surface area contributed by atoms with Gasteiger partial charge in [-0.15, -0.1) is 0 Å². The second kappa shape index (κ2) is 13.6. The van der Waals surface area contributed by atoms with Gasteiger partial charge in [0.05, 0.1) is 32.1 Å². The molecule has 0 aliphatic heterocycles. The van der Waals surface area contributed by atoms with E-state index in [9.17, 15) is 14.0 Å². The number of methoxy groups -OCH3 is 1. The van der Waals surface area contributed by atoms with Crippen LogP contribution in [0.25, 0.3) is 22.0 Å². The van der Waals surface area contributed by atoms with Gasteiger partial charge in [0.1, 0.15) is 11.5 Å². The van der Waals surface area contributed by atoms with E-state index in [1.165, 1.54) is 25.5 Å². The Bertz CT molecular complexity index is 1830. The van der Waals surface area contributed by atoms with Gasteiger partial charge in [0, 0.05) is 16.5 Å². The topological polar surface area (TPSA) is 111 Å². The Morgan fingerprint density at radius 3 is 2.36 bits per heavy atom. The van der Waals surface area contributed by atoms with Gasteiger partial charge in [-0.2, -0.15) is 5.10 Å². The molecule has 0 aliphatic carbocycles. The number of hydrogen-bond donors (Lipinski definition) is 2. The maximum atomic E-state index is 14.1. The van der Waals surface area contributed by atoms with Crippen molar-refractivity contribution in [1.29, 1.82) is 0 Å². The van der Waals surface area contributed by atoms with Crippen molar-refractivity contribution in [2.45, 2.75) is 13.8 Å². The Labute approximate surface area is 253 Å². The number of carbonyl (C=O) groups excluding carboxylic acids is 2. The number of H-pyrrole nitrogens is 1. The first kappa shape index (κ1) is 29.8. The third kappa shape index (κ3) is 6.54. The summed E-state index contributed by atoms with van der Waals surface area (Å²) >= 11 is 0. The van der Waals surface area contributed by atoms with Gasteiger partial charge in [-0.05, 0) is 79.6 Å². The molecule has 1 heterocycles. The maximum absolute atomic E-state index is 14.1. The predicted octanol–water partition coefficient (Wildman–Crippen LogP) is 6.76. The van der Waals surface area contributed by atoms with Crippen molar-refractivity contribution in [2.75, 3.05) is 20.3 Å². The van der Waals surface area contributed by atoms with Crippen LogP contribution in [-0.4, -0.2) is 43.4 Å².